The third-order valence-corrected chi connectivity index (χ3v) is 3.12. The smallest absolute Gasteiger partial charge is 0.119 e. The van der Waals surface area contributed by atoms with Crippen molar-refractivity contribution in [1.82, 2.24) is 0 Å². The molecule has 0 bridgehead atoms. The van der Waals surface area contributed by atoms with Crippen molar-refractivity contribution in [2.24, 2.45) is 10.7 Å². The Labute approximate surface area is 121 Å². The molecule has 0 aromatic heterocycles. The first-order valence-electron chi connectivity index (χ1n) is 6.42. The van der Waals surface area contributed by atoms with E-state index >= 15 is 0 Å². The average Bonchev–Trinajstić information content (AvgIpc) is 2.61. The van der Waals surface area contributed by atoms with E-state index in [1.54, 1.807) is 7.11 Å². The van der Waals surface area contributed by atoms with Crippen molar-refractivity contribution in [3.05, 3.63) is 35.9 Å². The van der Waals surface area contributed by atoms with Crippen molar-refractivity contribution in [2.45, 2.75) is 31.7 Å². The van der Waals surface area contributed by atoms with Crippen LogP contribution >= 0.6 is 12.4 Å². The molecule has 2 rings (SSSR count). The first-order valence-corrected chi connectivity index (χ1v) is 6.42. The van der Waals surface area contributed by atoms with Crippen LogP contribution in [0.4, 0.5) is 0 Å². The second-order valence-corrected chi connectivity index (χ2v) is 4.57. The Morgan fingerprint density at radius 3 is 3.00 bits per heavy atom. The Bertz CT molecular complexity index is 457. The largest absolute Gasteiger partial charge is 0.497 e. The number of aliphatic imine (C=N–C) groups is 1. The maximum Gasteiger partial charge on any atom is 0.119 e. The summed E-state index contributed by atoms with van der Waals surface area (Å²) < 4.78 is 5.20. The molecular formula is C15H21ClN2O. The summed E-state index contributed by atoms with van der Waals surface area (Å²) in [6.07, 6.45) is 8.59. The van der Waals surface area contributed by atoms with Gasteiger partial charge < -0.3 is 10.5 Å². The highest BCUT2D eigenvalue weighted by molar-refractivity contribution is 5.85. The Morgan fingerprint density at radius 2 is 2.21 bits per heavy atom. The van der Waals surface area contributed by atoms with Gasteiger partial charge in [0.15, 0.2) is 0 Å². The molecule has 0 spiro atoms. The molecule has 0 saturated carbocycles. The lowest BCUT2D eigenvalue weighted by Crippen LogP contribution is -2.12. The van der Waals surface area contributed by atoms with Gasteiger partial charge in [-0.1, -0.05) is 30.7 Å². The Kier molecular flexibility index (Phi) is 6.43. The highest BCUT2D eigenvalue weighted by atomic mass is 35.5. The van der Waals surface area contributed by atoms with Crippen LogP contribution in [-0.4, -0.2) is 19.0 Å². The lowest BCUT2D eigenvalue weighted by molar-refractivity contribution is 0.414. The Hall–Kier alpha value is -1.48. The lowest BCUT2D eigenvalue weighted by Gasteiger charge is -2.05. The van der Waals surface area contributed by atoms with Crippen LogP contribution in [0.5, 0.6) is 5.75 Å². The molecule has 4 heteroatoms. The zero-order chi connectivity index (χ0) is 12.8. The van der Waals surface area contributed by atoms with Crippen molar-refractivity contribution >= 4 is 24.3 Å². The topological polar surface area (TPSA) is 47.6 Å². The van der Waals surface area contributed by atoms with Crippen molar-refractivity contribution < 1.29 is 4.74 Å². The van der Waals surface area contributed by atoms with Crippen LogP contribution in [-0.2, 0) is 0 Å². The summed E-state index contributed by atoms with van der Waals surface area (Å²) in [7, 11) is 1.68. The van der Waals surface area contributed by atoms with Crippen LogP contribution in [0.2, 0.25) is 0 Å². The number of methoxy groups -OCH3 is 1. The highest BCUT2D eigenvalue weighted by Gasteiger charge is 2.08. The molecule has 19 heavy (non-hydrogen) atoms. The zero-order valence-corrected chi connectivity index (χ0v) is 12.0. The first kappa shape index (κ1) is 15.6. The number of nitrogens with zero attached hydrogens (tertiary/aromatic N) is 1. The second kappa shape index (κ2) is 7.85. The molecule has 0 fully saturated rings. The van der Waals surface area contributed by atoms with Crippen molar-refractivity contribution in [3.8, 4) is 5.75 Å². The second-order valence-electron chi connectivity index (χ2n) is 4.57. The number of hydrogen-bond acceptors (Lipinski definition) is 3. The van der Waals surface area contributed by atoms with Gasteiger partial charge in [-0.25, -0.2) is 0 Å². The van der Waals surface area contributed by atoms with Gasteiger partial charge in [0.1, 0.15) is 5.75 Å². The minimum Gasteiger partial charge on any atom is -0.497 e. The molecule has 2 N–H and O–H groups in total. The van der Waals surface area contributed by atoms with E-state index < -0.39 is 0 Å². The molecule has 1 unspecified atom stereocenters. The minimum atomic E-state index is 0. The Balaban J connectivity index is 0.00000180. The molecule has 1 aliphatic heterocycles. The number of benzene rings is 1. The summed E-state index contributed by atoms with van der Waals surface area (Å²) in [5, 5.41) is 0. The van der Waals surface area contributed by atoms with Crippen LogP contribution in [0.3, 0.4) is 0 Å². The number of ether oxygens (including phenoxy) is 1. The van der Waals surface area contributed by atoms with Gasteiger partial charge in [-0.2, -0.15) is 0 Å². The molecule has 1 aromatic carbocycles. The molecule has 0 amide bonds. The van der Waals surface area contributed by atoms with E-state index in [4.69, 9.17) is 10.5 Å². The van der Waals surface area contributed by atoms with E-state index in [0.29, 0.717) is 0 Å². The summed E-state index contributed by atoms with van der Waals surface area (Å²) in [6.45, 7) is 0. The van der Waals surface area contributed by atoms with Crippen LogP contribution in [0.25, 0.3) is 6.08 Å². The summed E-state index contributed by atoms with van der Waals surface area (Å²) in [6, 6.07) is 8.23. The number of halogens is 1. The molecule has 104 valence electrons. The van der Waals surface area contributed by atoms with E-state index in [0.717, 1.165) is 36.4 Å². The standard InChI is InChI=1S/C15H20N2O.ClH/c1-18-14-7-4-5-12(11-14)9-10-13-6-2-3-8-15(16)17-13;/h4-5,7,9-11,13H,2-3,6,8H2,1H3,(H2,16,17);1H. The normalized spacial score (nSPS) is 19.4. The molecule has 1 atom stereocenters. The van der Waals surface area contributed by atoms with Gasteiger partial charge in [-0.05, 0) is 30.5 Å². The quantitative estimate of drug-likeness (QED) is 0.922. The van der Waals surface area contributed by atoms with Gasteiger partial charge in [0.25, 0.3) is 0 Å². The van der Waals surface area contributed by atoms with Gasteiger partial charge >= 0.3 is 0 Å². The van der Waals surface area contributed by atoms with Gasteiger partial charge in [0.2, 0.25) is 0 Å². The van der Waals surface area contributed by atoms with E-state index in [1.165, 1.54) is 6.42 Å². The van der Waals surface area contributed by atoms with Gasteiger partial charge in [0, 0.05) is 6.42 Å². The SMILES string of the molecule is COc1cccc(C=CC2CCCCC(N)=N2)c1.Cl. The Morgan fingerprint density at radius 1 is 1.37 bits per heavy atom. The maximum absolute atomic E-state index is 5.84. The summed E-state index contributed by atoms with van der Waals surface area (Å²) >= 11 is 0. The third-order valence-electron chi connectivity index (χ3n) is 3.12. The van der Waals surface area contributed by atoms with Crippen molar-refractivity contribution in [3.63, 3.8) is 0 Å². The fraction of sp³-hybridized carbons (Fsp3) is 0.400. The molecule has 0 saturated heterocycles. The van der Waals surface area contributed by atoms with Crippen molar-refractivity contribution in [2.75, 3.05) is 7.11 Å². The van der Waals surface area contributed by atoms with Gasteiger partial charge in [-0.15, -0.1) is 12.4 Å². The van der Waals surface area contributed by atoms with E-state index in [2.05, 4.69) is 23.2 Å². The molecule has 1 aromatic rings. The van der Waals surface area contributed by atoms with Crippen LogP contribution in [0, 0.1) is 0 Å². The minimum absolute atomic E-state index is 0. The summed E-state index contributed by atoms with van der Waals surface area (Å²) in [5.41, 5.74) is 6.97. The molecule has 1 aliphatic rings. The first-order chi connectivity index (χ1) is 8.78. The van der Waals surface area contributed by atoms with Crippen molar-refractivity contribution in [1.29, 1.82) is 0 Å². The molecule has 0 aliphatic carbocycles. The molecule has 0 radical (unpaired) electrons. The van der Waals surface area contributed by atoms with Crippen LogP contribution < -0.4 is 10.5 Å². The van der Waals surface area contributed by atoms with E-state index in [1.807, 2.05) is 18.2 Å². The number of rotatable bonds is 3. The lowest BCUT2D eigenvalue weighted by atomic mass is 10.1. The number of nitrogens with two attached hydrogens (primary N) is 1. The fourth-order valence-electron chi connectivity index (χ4n) is 2.11. The van der Waals surface area contributed by atoms with E-state index in [9.17, 15) is 0 Å². The number of amidine groups is 1. The monoisotopic (exact) mass is 280 g/mol. The van der Waals surface area contributed by atoms with E-state index in [-0.39, 0.29) is 18.4 Å². The molecule has 3 nitrogen and oxygen atoms in total. The zero-order valence-electron chi connectivity index (χ0n) is 11.2. The summed E-state index contributed by atoms with van der Waals surface area (Å²) in [5.74, 6) is 1.66. The predicted octanol–water partition coefficient (Wildman–Crippen LogP) is 3.43. The maximum atomic E-state index is 5.84. The predicted molar refractivity (Wildman–Crippen MR) is 83.2 cm³/mol. The van der Waals surface area contributed by atoms with Crippen LogP contribution in [0.1, 0.15) is 31.2 Å². The fourth-order valence-corrected chi connectivity index (χ4v) is 2.11. The molecule has 1 heterocycles. The van der Waals surface area contributed by atoms with Gasteiger partial charge in [-0.3, -0.25) is 4.99 Å². The third kappa shape index (κ3) is 4.95. The number of hydrogen-bond donors (Lipinski definition) is 1. The molecular weight excluding hydrogens is 260 g/mol. The van der Waals surface area contributed by atoms with Gasteiger partial charge in [0.05, 0.1) is 19.0 Å². The van der Waals surface area contributed by atoms with Crippen LogP contribution in [0.15, 0.2) is 35.3 Å². The summed E-state index contributed by atoms with van der Waals surface area (Å²) in [4.78, 5) is 4.51. The average molecular weight is 281 g/mol. The highest BCUT2D eigenvalue weighted by Crippen LogP contribution is 2.17.